The van der Waals surface area contributed by atoms with Crippen molar-refractivity contribution in [2.75, 3.05) is 26.4 Å². The van der Waals surface area contributed by atoms with Crippen molar-refractivity contribution in [1.29, 1.82) is 0 Å². The molecule has 3 fully saturated rings. The molecular weight excluding hydrogens is 532 g/mol. The Bertz CT molecular complexity index is 743. The maximum Gasteiger partial charge on any atom is 0.187 e. The highest BCUT2D eigenvalue weighted by Gasteiger charge is 2.54. The lowest BCUT2D eigenvalue weighted by Gasteiger charge is -2.48. The van der Waals surface area contributed by atoms with Crippen LogP contribution >= 0.6 is 0 Å². The Balaban J connectivity index is 1.84. The van der Waals surface area contributed by atoms with Crippen molar-refractivity contribution in [2.24, 2.45) is 0 Å². The lowest BCUT2D eigenvalue weighted by Crippen LogP contribution is -2.67. The van der Waals surface area contributed by atoms with Crippen molar-refractivity contribution in [3.63, 3.8) is 0 Å². The molecule has 0 amide bonds. The van der Waals surface area contributed by atoms with Gasteiger partial charge in [-0.1, -0.05) is 6.08 Å². The third kappa shape index (κ3) is 7.31. The number of hydrogen-bond donors (Lipinski definition) is 10. The van der Waals surface area contributed by atoms with Crippen LogP contribution < -0.4 is 0 Å². The monoisotopic (exact) mass is 572 g/mol. The maximum absolute atomic E-state index is 10.8. The van der Waals surface area contributed by atoms with Crippen LogP contribution in [0.5, 0.6) is 0 Å². The molecule has 0 radical (unpaired) electrons. The van der Waals surface area contributed by atoms with Gasteiger partial charge in [0.05, 0.1) is 26.4 Å². The largest absolute Gasteiger partial charge is 0.394 e. The summed E-state index contributed by atoms with van der Waals surface area (Å²) >= 11 is 0. The van der Waals surface area contributed by atoms with E-state index in [4.69, 9.17) is 28.4 Å². The van der Waals surface area contributed by atoms with Crippen molar-refractivity contribution < 1.29 is 79.5 Å². The SMILES string of the molecule is C=CCCCO[C@H]1OC(CO)[C@@H](O)[C@H](O)C1O[C@H]1OC(CO)[C@@H](O)[C@H](O)C1O[C@@H]1OC(CO)[C@@H](O)[C@H](O)C1O. The minimum Gasteiger partial charge on any atom is -0.394 e. The molecule has 3 aliphatic heterocycles. The van der Waals surface area contributed by atoms with Gasteiger partial charge in [0.25, 0.3) is 0 Å². The number of allylic oxidation sites excluding steroid dienone is 1. The molecule has 3 saturated heterocycles. The van der Waals surface area contributed by atoms with E-state index in [0.29, 0.717) is 12.8 Å². The molecule has 6 unspecified atom stereocenters. The molecule has 10 N–H and O–H groups in total. The van der Waals surface area contributed by atoms with Crippen molar-refractivity contribution >= 4 is 0 Å². The minimum atomic E-state index is -1.87. The summed E-state index contributed by atoms with van der Waals surface area (Å²) in [4.78, 5) is 0. The number of rotatable bonds is 12. The average Bonchev–Trinajstić information content (AvgIpc) is 2.93. The Hall–Kier alpha value is -0.900. The fourth-order valence-corrected chi connectivity index (χ4v) is 4.56. The predicted octanol–water partition coefficient (Wildman–Crippen LogP) is -5.58. The molecule has 15 atom stereocenters. The molecule has 3 aliphatic rings. The van der Waals surface area contributed by atoms with E-state index < -0.39 is 112 Å². The summed E-state index contributed by atoms with van der Waals surface area (Å²) in [5.41, 5.74) is 0. The van der Waals surface area contributed by atoms with Crippen LogP contribution in [-0.2, 0) is 28.4 Å². The Morgan fingerprint density at radius 2 is 1.00 bits per heavy atom. The Labute approximate surface area is 224 Å². The molecule has 16 heteroatoms. The number of hydrogen-bond acceptors (Lipinski definition) is 16. The van der Waals surface area contributed by atoms with E-state index in [0.717, 1.165) is 0 Å². The summed E-state index contributed by atoms with van der Waals surface area (Å²) < 4.78 is 33.5. The number of unbranched alkanes of at least 4 members (excludes halogenated alkanes) is 1. The van der Waals surface area contributed by atoms with Gasteiger partial charge in [-0.15, -0.1) is 6.58 Å². The van der Waals surface area contributed by atoms with Gasteiger partial charge < -0.3 is 79.5 Å². The van der Waals surface area contributed by atoms with Crippen molar-refractivity contribution in [3.05, 3.63) is 12.7 Å². The van der Waals surface area contributed by atoms with Gasteiger partial charge >= 0.3 is 0 Å². The molecule has 0 aromatic carbocycles. The Kier molecular flexibility index (Phi) is 12.4. The summed E-state index contributed by atoms with van der Waals surface area (Å²) in [6.45, 7) is 1.53. The first kappa shape index (κ1) is 32.6. The van der Waals surface area contributed by atoms with Gasteiger partial charge in [-0.25, -0.2) is 0 Å². The lowest BCUT2D eigenvalue weighted by atomic mass is 9.96. The first-order valence-corrected chi connectivity index (χ1v) is 12.7. The van der Waals surface area contributed by atoms with Crippen LogP contribution in [0.25, 0.3) is 0 Å². The lowest BCUT2D eigenvalue weighted by molar-refractivity contribution is -0.393. The topological polar surface area (TPSA) is 258 Å². The zero-order chi connectivity index (χ0) is 28.9. The second-order valence-corrected chi connectivity index (χ2v) is 9.61. The standard InChI is InChI=1S/C23H40O16/c1-2-3-4-5-34-22-19(16(31)13(28)10(7-25)36-22)39-23-20(17(32)14(29)11(8-26)37-23)38-21-18(33)15(30)12(27)9(6-24)35-21/h2,9-33H,1,3-8H2/t9?,10?,11?,12-,13-,14-,15+,16+,17+,18?,19?,20?,21+,22+,23-/m1/s1. The summed E-state index contributed by atoms with van der Waals surface area (Å²) in [7, 11) is 0. The maximum atomic E-state index is 10.8. The molecule has 3 rings (SSSR count). The van der Waals surface area contributed by atoms with E-state index in [1.165, 1.54) is 0 Å². The molecule has 0 spiro atoms. The predicted molar refractivity (Wildman–Crippen MR) is 124 cm³/mol. The van der Waals surface area contributed by atoms with Crippen molar-refractivity contribution in [3.8, 4) is 0 Å². The van der Waals surface area contributed by atoms with Crippen LogP contribution in [0.2, 0.25) is 0 Å². The van der Waals surface area contributed by atoms with Crippen LogP contribution in [0.4, 0.5) is 0 Å². The number of aliphatic hydroxyl groups excluding tert-OH is 10. The van der Waals surface area contributed by atoms with Crippen LogP contribution in [0.1, 0.15) is 12.8 Å². The molecule has 0 aromatic rings. The zero-order valence-electron chi connectivity index (χ0n) is 21.1. The van der Waals surface area contributed by atoms with Gasteiger partial charge in [0.15, 0.2) is 18.9 Å². The van der Waals surface area contributed by atoms with Gasteiger partial charge in [-0.2, -0.15) is 0 Å². The molecule has 228 valence electrons. The fraction of sp³-hybridized carbons (Fsp3) is 0.913. The molecule has 3 heterocycles. The molecule has 0 aromatic heterocycles. The van der Waals surface area contributed by atoms with E-state index in [2.05, 4.69) is 6.58 Å². The molecule has 0 aliphatic carbocycles. The summed E-state index contributed by atoms with van der Waals surface area (Å²) in [5, 5.41) is 102. The number of ether oxygens (including phenoxy) is 6. The summed E-state index contributed by atoms with van der Waals surface area (Å²) in [6, 6.07) is 0. The fourth-order valence-electron chi connectivity index (χ4n) is 4.56. The van der Waals surface area contributed by atoms with Gasteiger partial charge in [0, 0.05) is 0 Å². The van der Waals surface area contributed by atoms with Crippen molar-refractivity contribution in [2.45, 2.75) is 105 Å². The van der Waals surface area contributed by atoms with Gasteiger partial charge in [-0.3, -0.25) is 0 Å². The molecular formula is C23H40O16. The third-order valence-electron chi connectivity index (χ3n) is 6.91. The van der Waals surface area contributed by atoms with E-state index in [1.54, 1.807) is 6.08 Å². The van der Waals surface area contributed by atoms with Crippen LogP contribution in [0.15, 0.2) is 12.7 Å². The van der Waals surface area contributed by atoms with Crippen molar-refractivity contribution in [1.82, 2.24) is 0 Å². The smallest absolute Gasteiger partial charge is 0.187 e. The quantitative estimate of drug-likeness (QED) is 0.0772. The molecule has 16 nitrogen and oxygen atoms in total. The zero-order valence-corrected chi connectivity index (χ0v) is 21.1. The van der Waals surface area contributed by atoms with Gasteiger partial charge in [-0.05, 0) is 12.8 Å². The van der Waals surface area contributed by atoms with Crippen LogP contribution in [0, 0.1) is 0 Å². The van der Waals surface area contributed by atoms with Gasteiger partial charge in [0.1, 0.15) is 73.2 Å². The van der Waals surface area contributed by atoms with Gasteiger partial charge in [0.2, 0.25) is 0 Å². The van der Waals surface area contributed by atoms with E-state index >= 15 is 0 Å². The highest BCUT2D eigenvalue weighted by molar-refractivity contribution is 4.96. The Morgan fingerprint density at radius 1 is 0.564 bits per heavy atom. The third-order valence-corrected chi connectivity index (χ3v) is 6.91. The van der Waals surface area contributed by atoms with Crippen LogP contribution in [-0.4, -0.2) is 170 Å². The second-order valence-electron chi connectivity index (χ2n) is 9.61. The highest BCUT2D eigenvalue weighted by atomic mass is 16.8. The summed E-state index contributed by atoms with van der Waals surface area (Å²) in [6.07, 6.45) is -21.6. The van der Waals surface area contributed by atoms with Crippen LogP contribution in [0.3, 0.4) is 0 Å². The second kappa shape index (κ2) is 14.8. The normalized spacial score (nSPS) is 47.2. The first-order valence-electron chi connectivity index (χ1n) is 12.7. The van der Waals surface area contributed by atoms with E-state index in [9.17, 15) is 51.1 Å². The first-order chi connectivity index (χ1) is 18.6. The molecule has 0 bridgehead atoms. The van der Waals surface area contributed by atoms with E-state index in [1.807, 2.05) is 0 Å². The minimum absolute atomic E-state index is 0.106. The highest BCUT2D eigenvalue weighted by Crippen LogP contribution is 2.33. The molecule has 0 saturated carbocycles. The molecule has 39 heavy (non-hydrogen) atoms. The number of aliphatic hydroxyl groups is 10. The van der Waals surface area contributed by atoms with E-state index in [-0.39, 0.29) is 6.61 Å². The summed E-state index contributed by atoms with van der Waals surface area (Å²) in [5.74, 6) is 0. The average molecular weight is 573 g/mol. The Morgan fingerprint density at radius 3 is 1.51 bits per heavy atom.